The molecule has 1 aromatic heterocycles. The average molecular weight is 436 g/mol. The van der Waals surface area contributed by atoms with E-state index < -0.39 is 0 Å². The van der Waals surface area contributed by atoms with Crippen LogP contribution in [-0.2, 0) is 13.0 Å². The first-order valence-corrected chi connectivity index (χ1v) is 10.7. The molecule has 4 rings (SSSR count). The molecule has 6 heteroatoms. The van der Waals surface area contributed by atoms with Gasteiger partial charge >= 0.3 is 0 Å². The van der Waals surface area contributed by atoms with Crippen LogP contribution in [0.15, 0.2) is 52.9 Å². The van der Waals surface area contributed by atoms with Crippen LogP contribution < -0.4 is 14.2 Å². The fourth-order valence-electron chi connectivity index (χ4n) is 3.86. The quantitative estimate of drug-likeness (QED) is 0.541. The first-order chi connectivity index (χ1) is 15.3. The molecule has 0 fully saturated rings. The number of benzene rings is 2. The van der Waals surface area contributed by atoms with E-state index in [0.717, 1.165) is 23.3 Å². The first-order valence-electron chi connectivity index (χ1n) is 10.7. The summed E-state index contributed by atoms with van der Waals surface area (Å²) in [5.74, 6) is 3.03. The van der Waals surface area contributed by atoms with E-state index in [9.17, 15) is 4.79 Å². The molecule has 0 spiro atoms. The summed E-state index contributed by atoms with van der Waals surface area (Å²) in [5, 5.41) is 0. The van der Waals surface area contributed by atoms with Gasteiger partial charge in [0.25, 0.3) is 5.91 Å². The van der Waals surface area contributed by atoms with Crippen LogP contribution in [-0.4, -0.2) is 37.2 Å². The zero-order valence-electron chi connectivity index (χ0n) is 19.2. The van der Waals surface area contributed by atoms with Gasteiger partial charge in [0.05, 0.1) is 14.2 Å². The van der Waals surface area contributed by atoms with Crippen molar-refractivity contribution in [2.24, 2.45) is 0 Å². The summed E-state index contributed by atoms with van der Waals surface area (Å²) in [6, 6.07) is 15.2. The molecule has 0 unspecified atom stereocenters. The lowest BCUT2D eigenvalue weighted by molar-refractivity contribution is 0.0703. The van der Waals surface area contributed by atoms with E-state index in [-0.39, 0.29) is 11.5 Å². The minimum absolute atomic E-state index is 0.121. The van der Waals surface area contributed by atoms with Crippen LogP contribution >= 0.6 is 0 Å². The molecule has 6 nitrogen and oxygen atoms in total. The Labute approximate surface area is 188 Å². The van der Waals surface area contributed by atoms with E-state index in [4.69, 9.17) is 18.6 Å². The molecule has 0 saturated carbocycles. The van der Waals surface area contributed by atoms with Gasteiger partial charge in [-0.15, -0.1) is 0 Å². The zero-order valence-corrected chi connectivity index (χ0v) is 19.2. The van der Waals surface area contributed by atoms with E-state index in [1.165, 1.54) is 5.56 Å². The van der Waals surface area contributed by atoms with Crippen molar-refractivity contribution in [1.82, 2.24) is 4.90 Å². The molecule has 1 aliphatic heterocycles. The van der Waals surface area contributed by atoms with Crippen molar-refractivity contribution in [1.29, 1.82) is 0 Å². The number of carbonyl (C=O) groups is 1. The Morgan fingerprint density at radius 3 is 2.22 bits per heavy atom. The summed E-state index contributed by atoms with van der Waals surface area (Å²) < 4.78 is 22.6. The molecule has 168 valence electrons. The number of ether oxygens (including phenoxy) is 3. The molecule has 1 amide bonds. The van der Waals surface area contributed by atoms with Crippen LogP contribution in [0.25, 0.3) is 11.3 Å². The third-order valence-corrected chi connectivity index (χ3v) is 5.38. The fraction of sp³-hybridized carbons (Fsp3) is 0.346. The highest BCUT2D eigenvalue weighted by molar-refractivity contribution is 5.92. The highest BCUT2D eigenvalue weighted by Crippen LogP contribution is 2.34. The van der Waals surface area contributed by atoms with Crippen LogP contribution in [0.4, 0.5) is 0 Å². The van der Waals surface area contributed by atoms with Crippen LogP contribution in [0.5, 0.6) is 17.2 Å². The second-order valence-corrected chi connectivity index (χ2v) is 8.86. The van der Waals surface area contributed by atoms with Gasteiger partial charge < -0.3 is 23.5 Å². The Kier molecular flexibility index (Phi) is 5.87. The van der Waals surface area contributed by atoms with Crippen molar-refractivity contribution >= 4 is 5.91 Å². The smallest absolute Gasteiger partial charge is 0.289 e. The Hall–Kier alpha value is -3.41. The molecule has 2 heterocycles. The topological polar surface area (TPSA) is 61.1 Å². The number of carbonyl (C=O) groups excluding carboxylic acids is 1. The molecule has 1 aliphatic rings. The van der Waals surface area contributed by atoms with Crippen LogP contribution in [0.1, 0.15) is 42.5 Å². The van der Waals surface area contributed by atoms with Crippen molar-refractivity contribution in [3.63, 3.8) is 0 Å². The van der Waals surface area contributed by atoms with Gasteiger partial charge in [0, 0.05) is 18.7 Å². The van der Waals surface area contributed by atoms with Gasteiger partial charge in [0.15, 0.2) is 17.3 Å². The van der Waals surface area contributed by atoms with Crippen molar-refractivity contribution in [2.75, 3.05) is 20.8 Å². The summed E-state index contributed by atoms with van der Waals surface area (Å²) in [7, 11) is 3.24. The molecular formula is C26H29NO5. The number of hydrogen-bond acceptors (Lipinski definition) is 5. The molecule has 0 atom stereocenters. The number of furan rings is 1. The largest absolute Gasteiger partial charge is 0.493 e. The predicted octanol–water partition coefficient (Wildman–Crippen LogP) is 5.34. The lowest BCUT2D eigenvalue weighted by atomic mass is 9.98. The second kappa shape index (κ2) is 8.61. The highest BCUT2D eigenvalue weighted by atomic mass is 16.5. The van der Waals surface area contributed by atoms with Crippen molar-refractivity contribution < 1.29 is 23.4 Å². The predicted molar refractivity (Wildman–Crippen MR) is 123 cm³/mol. The van der Waals surface area contributed by atoms with Crippen LogP contribution in [0, 0.1) is 0 Å². The molecule has 0 N–H and O–H groups in total. The van der Waals surface area contributed by atoms with Gasteiger partial charge in [-0.3, -0.25) is 4.79 Å². The number of rotatable bonds is 5. The number of methoxy groups -OCH3 is 2. The standard InChI is InChI=1S/C26H29NO5/c1-26(2,3)32-20-8-6-17(7-9-20)21-10-11-22(31-21)25(28)27-13-12-18-14-23(29-4)24(30-5)15-19(18)16-27/h6-11,14-15H,12-13,16H2,1-5H3. The van der Waals surface area contributed by atoms with Crippen LogP contribution in [0.2, 0.25) is 0 Å². The second-order valence-electron chi connectivity index (χ2n) is 8.86. The first kappa shape index (κ1) is 21.8. The third kappa shape index (κ3) is 4.59. The van der Waals surface area contributed by atoms with Crippen molar-refractivity contribution in [2.45, 2.75) is 39.3 Å². The molecule has 0 radical (unpaired) electrons. The number of fused-ring (bicyclic) bond motifs is 1. The SMILES string of the molecule is COc1cc2c(cc1OC)CN(C(=O)c1ccc(-c3ccc(OC(C)(C)C)cc3)o1)CC2. The van der Waals surface area contributed by atoms with Crippen molar-refractivity contribution in [3.8, 4) is 28.6 Å². The Morgan fingerprint density at radius 1 is 0.938 bits per heavy atom. The summed E-state index contributed by atoms with van der Waals surface area (Å²) in [6.45, 7) is 7.16. The maximum atomic E-state index is 13.1. The van der Waals surface area contributed by atoms with E-state index in [1.807, 2.05) is 63.2 Å². The van der Waals surface area contributed by atoms with E-state index in [0.29, 0.717) is 36.1 Å². The van der Waals surface area contributed by atoms with Crippen molar-refractivity contribution in [3.05, 3.63) is 65.4 Å². The summed E-state index contributed by atoms with van der Waals surface area (Å²) >= 11 is 0. The molecule has 0 bridgehead atoms. The van der Waals surface area contributed by atoms with Gasteiger partial charge in [-0.1, -0.05) is 0 Å². The fourth-order valence-corrected chi connectivity index (χ4v) is 3.86. The monoisotopic (exact) mass is 435 g/mol. The number of amides is 1. The molecule has 3 aromatic rings. The van der Waals surface area contributed by atoms with Gasteiger partial charge in [0.2, 0.25) is 0 Å². The Morgan fingerprint density at radius 2 is 1.59 bits per heavy atom. The maximum absolute atomic E-state index is 13.1. The van der Waals surface area contributed by atoms with E-state index in [2.05, 4.69) is 0 Å². The third-order valence-electron chi connectivity index (χ3n) is 5.38. The Bertz CT molecular complexity index is 1110. The summed E-state index contributed by atoms with van der Waals surface area (Å²) in [6.07, 6.45) is 0.754. The van der Waals surface area contributed by atoms with E-state index >= 15 is 0 Å². The average Bonchev–Trinajstić information content (AvgIpc) is 3.27. The molecular weight excluding hydrogens is 406 g/mol. The number of hydrogen-bond donors (Lipinski definition) is 0. The maximum Gasteiger partial charge on any atom is 0.289 e. The molecule has 0 aliphatic carbocycles. The number of nitrogens with zero attached hydrogens (tertiary/aromatic N) is 1. The van der Waals surface area contributed by atoms with E-state index in [1.54, 1.807) is 25.2 Å². The molecule has 0 saturated heterocycles. The summed E-state index contributed by atoms with van der Waals surface area (Å²) in [4.78, 5) is 14.9. The van der Waals surface area contributed by atoms with Gasteiger partial charge in [-0.05, 0) is 86.8 Å². The molecule has 2 aromatic carbocycles. The van der Waals surface area contributed by atoms with Gasteiger partial charge in [-0.2, -0.15) is 0 Å². The molecule has 32 heavy (non-hydrogen) atoms. The minimum atomic E-state index is -0.256. The van der Waals surface area contributed by atoms with Crippen LogP contribution in [0.3, 0.4) is 0 Å². The highest BCUT2D eigenvalue weighted by Gasteiger charge is 2.25. The lowest BCUT2D eigenvalue weighted by Crippen LogP contribution is -2.35. The van der Waals surface area contributed by atoms with Gasteiger partial charge in [-0.25, -0.2) is 0 Å². The normalized spacial score (nSPS) is 13.5. The van der Waals surface area contributed by atoms with Gasteiger partial charge in [0.1, 0.15) is 17.1 Å². The minimum Gasteiger partial charge on any atom is -0.493 e. The summed E-state index contributed by atoms with van der Waals surface area (Å²) in [5.41, 5.74) is 2.87. The lowest BCUT2D eigenvalue weighted by Gasteiger charge is -2.29. The Balaban J connectivity index is 1.49. The zero-order chi connectivity index (χ0) is 22.9.